The van der Waals surface area contributed by atoms with Crippen molar-refractivity contribution in [2.75, 3.05) is 19.0 Å². The summed E-state index contributed by atoms with van der Waals surface area (Å²) in [6.07, 6.45) is 0.0447. The molecule has 2 aromatic carbocycles. The van der Waals surface area contributed by atoms with E-state index in [0.29, 0.717) is 28.8 Å². The number of methoxy groups -OCH3 is 1. The van der Waals surface area contributed by atoms with Crippen molar-refractivity contribution in [2.45, 2.75) is 18.6 Å². The standard InChI is InChI=1S/C21H21N3O5S/c1-3-24-18(25)12-17(19(26)22-14-6-4-13(5-7-14)20(27)28)30-21(24)23-15-8-10-16(29-2)11-9-15/h4-11,17H,3,12H2,1-2H3,(H,22,26)(H,27,28)/p-1/t17-/m0/s1. The van der Waals surface area contributed by atoms with Crippen molar-refractivity contribution in [1.82, 2.24) is 4.90 Å². The number of carbonyl (C=O) groups is 3. The molecule has 3 rings (SSSR count). The molecule has 0 saturated carbocycles. The fraction of sp³-hybridized carbons (Fsp3) is 0.238. The molecule has 156 valence electrons. The third-order valence-corrected chi connectivity index (χ3v) is 5.62. The van der Waals surface area contributed by atoms with Gasteiger partial charge in [0.1, 0.15) is 11.0 Å². The highest BCUT2D eigenvalue weighted by atomic mass is 32.2. The van der Waals surface area contributed by atoms with Crippen molar-refractivity contribution in [3.63, 3.8) is 0 Å². The van der Waals surface area contributed by atoms with Crippen LogP contribution in [0.2, 0.25) is 0 Å². The maximum absolute atomic E-state index is 12.7. The highest BCUT2D eigenvalue weighted by Gasteiger charge is 2.35. The quantitative estimate of drug-likeness (QED) is 0.757. The van der Waals surface area contributed by atoms with E-state index in [1.807, 2.05) is 6.92 Å². The molecule has 1 aliphatic rings. The molecule has 1 atom stereocenters. The topological polar surface area (TPSA) is 111 Å². The van der Waals surface area contributed by atoms with Crippen LogP contribution in [0.1, 0.15) is 23.7 Å². The number of amides is 2. The molecular weight excluding hydrogens is 406 g/mol. The summed E-state index contributed by atoms with van der Waals surface area (Å²) in [4.78, 5) is 42.2. The molecule has 2 aromatic rings. The summed E-state index contributed by atoms with van der Waals surface area (Å²) >= 11 is 1.22. The fourth-order valence-corrected chi connectivity index (χ4v) is 3.99. The molecule has 8 nitrogen and oxygen atoms in total. The number of rotatable bonds is 6. The lowest BCUT2D eigenvalue weighted by molar-refractivity contribution is -0.255. The number of carboxylic acids is 1. The summed E-state index contributed by atoms with van der Waals surface area (Å²) < 4.78 is 5.14. The van der Waals surface area contributed by atoms with Crippen molar-refractivity contribution < 1.29 is 24.2 Å². The van der Waals surface area contributed by atoms with Gasteiger partial charge in [0.25, 0.3) is 0 Å². The molecule has 0 bridgehead atoms. The highest BCUT2D eigenvalue weighted by Crippen LogP contribution is 2.30. The van der Waals surface area contributed by atoms with Crippen LogP contribution < -0.4 is 15.2 Å². The third-order valence-electron chi connectivity index (χ3n) is 4.43. The molecule has 0 spiro atoms. The van der Waals surface area contributed by atoms with Crippen molar-refractivity contribution >= 4 is 46.1 Å². The normalized spacial score (nSPS) is 17.7. The summed E-state index contributed by atoms with van der Waals surface area (Å²) in [5.74, 6) is -1.13. The average Bonchev–Trinajstić information content (AvgIpc) is 2.74. The van der Waals surface area contributed by atoms with E-state index in [2.05, 4.69) is 10.3 Å². The number of thioether (sulfide) groups is 1. The van der Waals surface area contributed by atoms with E-state index in [1.165, 1.54) is 36.0 Å². The first-order chi connectivity index (χ1) is 14.4. The number of nitrogens with zero attached hydrogens (tertiary/aromatic N) is 2. The summed E-state index contributed by atoms with van der Waals surface area (Å²) in [6.45, 7) is 2.29. The van der Waals surface area contributed by atoms with Crippen molar-refractivity contribution in [2.24, 2.45) is 4.99 Å². The Kier molecular flexibility index (Phi) is 6.73. The van der Waals surface area contributed by atoms with Crippen LogP contribution in [0.4, 0.5) is 11.4 Å². The Morgan fingerprint density at radius 1 is 1.20 bits per heavy atom. The zero-order valence-electron chi connectivity index (χ0n) is 16.5. The Bertz CT molecular complexity index is 973. The van der Waals surface area contributed by atoms with Crippen LogP contribution in [0, 0.1) is 0 Å². The second kappa shape index (κ2) is 9.45. The zero-order chi connectivity index (χ0) is 21.7. The van der Waals surface area contributed by atoms with Crippen molar-refractivity contribution in [1.29, 1.82) is 0 Å². The molecule has 0 aromatic heterocycles. The van der Waals surface area contributed by atoms with Gasteiger partial charge in [-0.15, -0.1) is 0 Å². The second-order valence-corrected chi connectivity index (χ2v) is 7.56. The molecule has 1 aliphatic heterocycles. The van der Waals surface area contributed by atoms with Gasteiger partial charge in [0.2, 0.25) is 11.8 Å². The molecule has 0 aliphatic carbocycles. The maximum Gasteiger partial charge on any atom is 0.238 e. The summed E-state index contributed by atoms with van der Waals surface area (Å²) in [5.41, 5.74) is 1.09. The number of anilines is 1. The molecular formula is C21H20N3O5S-. The first kappa shape index (κ1) is 21.4. The molecule has 0 radical (unpaired) electrons. The Balaban J connectivity index is 1.76. The van der Waals surface area contributed by atoms with E-state index in [1.54, 1.807) is 36.3 Å². The Labute approximate surface area is 177 Å². The number of amidine groups is 1. The predicted octanol–water partition coefficient (Wildman–Crippen LogP) is 2.04. The number of benzene rings is 2. The number of aromatic carboxylic acids is 1. The van der Waals surface area contributed by atoms with Gasteiger partial charge < -0.3 is 20.0 Å². The zero-order valence-corrected chi connectivity index (χ0v) is 17.3. The van der Waals surface area contributed by atoms with Gasteiger partial charge in [-0.1, -0.05) is 23.9 Å². The number of ether oxygens (including phenoxy) is 1. The van der Waals surface area contributed by atoms with Crippen LogP contribution in [0.5, 0.6) is 5.75 Å². The van der Waals surface area contributed by atoms with Gasteiger partial charge in [0.05, 0.1) is 18.8 Å². The first-order valence-electron chi connectivity index (χ1n) is 9.23. The minimum Gasteiger partial charge on any atom is -0.545 e. The van der Waals surface area contributed by atoms with E-state index in [-0.39, 0.29) is 23.8 Å². The van der Waals surface area contributed by atoms with E-state index in [9.17, 15) is 19.5 Å². The third kappa shape index (κ3) is 4.98. The first-order valence-corrected chi connectivity index (χ1v) is 10.1. The molecule has 1 heterocycles. The summed E-state index contributed by atoms with van der Waals surface area (Å²) in [6, 6.07) is 12.7. The smallest absolute Gasteiger partial charge is 0.238 e. The number of hydrogen-bond donors (Lipinski definition) is 1. The molecule has 1 N–H and O–H groups in total. The number of nitrogens with one attached hydrogen (secondary N) is 1. The van der Waals surface area contributed by atoms with Crippen LogP contribution in [0.15, 0.2) is 53.5 Å². The molecule has 1 saturated heterocycles. The lowest BCUT2D eigenvalue weighted by Gasteiger charge is -2.30. The van der Waals surface area contributed by atoms with Gasteiger partial charge in [-0.2, -0.15) is 0 Å². The Morgan fingerprint density at radius 2 is 1.87 bits per heavy atom. The highest BCUT2D eigenvalue weighted by molar-refractivity contribution is 8.15. The number of hydrogen-bond acceptors (Lipinski definition) is 7. The molecule has 2 amide bonds. The summed E-state index contributed by atoms with van der Waals surface area (Å²) in [5, 5.41) is 13.3. The van der Waals surface area contributed by atoms with Crippen LogP contribution in [0.3, 0.4) is 0 Å². The summed E-state index contributed by atoms with van der Waals surface area (Å²) in [7, 11) is 1.57. The van der Waals surface area contributed by atoms with E-state index in [0.717, 1.165) is 0 Å². The van der Waals surface area contributed by atoms with Gasteiger partial charge in [-0.3, -0.25) is 14.5 Å². The SMILES string of the molecule is CCN1C(=O)C[C@@H](C(=O)Nc2ccc(C(=O)[O-])cc2)SC1=Nc1ccc(OC)cc1. The van der Waals surface area contributed by atoms with Crippen molar-refractivity contribution in [3.05, 3.63) is 54.1 Å². The van der Waals surface area contributed by atoms with Crippen LogP contribution in [-0.2, 0) is 9.59 Å². The van der Waals surface area contributed by atoms with E-state index in [4.69, 9.17) is 4.74 Å². The van der Waals surface area contributed by atoms with Crippen LogP contribution >= 0.6 is 11.8 Å². The maximum atomic E-state index is 12.7. The lowest BCUT2D eigenvalue weighted by atomic mass is 10.2. The van der Waals surface area contributed by atoms with Gasteiger partial charge in [0, 0.05) is 18.7 Å². The largest absolute Gasteiger partial charge is 0.545 e. The monoisotopic (exact) mass is 426 g/mol. The van der Waals surface area contributed by atoms with Gasteiger partial charge in [-0.25, -0.2) is 4.99 Å². The number of carboxylic acid groups (broad SMARTS) is 1. The molecule has 30 heavy (non-hydrogen) atoms. The van der Waals surface area contributed by atoms with Crippen molar-refractivity contribution in [3.8, 4) is 5.75 Å². The van der Waals surface area contributed by atoms with Gasteiger partial charge in [-0.05, 0) is 48.9 Å². The minimum absolute atomic E-state index is 0.0164. The molecule has 1 fully saturated rings. The molecule has 9 heteroatoms. The number of carbonyl (C=O) groups excluding carboxylic acids is 3. The van der Waals surface area contributed by atoms with Gasteiger partial charge in [0.15, 0.2) is 5.17 Å². The average molecular weight is 426 g/mol. The van der Waals surface area contributed by atoms with E-state index < -0.39 is 11.2 Å². The lowest BCUT2D eigenvalue weighted by Crippen LogP contribution is -2.45. The Hall–Kier alpha value is -3.33. The van der Waals surface area contributed by atoms with Crippen LogP contribution in [0.25, 0.3) is 0 Å². The fourth-order valence-electron chi connectivity index (χ4n) is 2.83. The number of aliphatic imine (C=N–C) groups is 1. The second-order valence-electron chi connectivity index (χ2n) is 6.40. The van der Waals surface area contributed by atoms with Gasteiger partial charge >= 0.3 is 0 Å². The van der Waals surface area contributed by atoms with Crippen LogP contribution in [-0.4, -0.2) is 46.8 Å². The predicted molar refractivity (Wildman–Crippen MR) is 113 cm³/mol. The molecule has 0 unspecified atom stereocenters. The minimum atomic E-state index is -1.29. The Morgan fingerprint density at radius 3 is 2.43 bits per heavy atom. The van der Waals surface area contributed by atoms with E-state index >= 15 is 0 Å².